The summed E-state index contributed by atoms with van der Waals surface area (Å²) < 4.78 is 12.9. The maximum Gasteiger partial charge on any atom is 0.123 e. The number of benzene rings is 1. The van der Waals surface area contributed by atoms with Crippen LogP contribution in [-0.4, -0.2) is 18.2 Å². The second-order valence-corrected chi connectivity index (χ2v) is 3.39. The van der Waals surface area contributed by atoms with Crippen LogP contribution in [0.2, 0.25) is 0 Å². The predicted octanol–water partition coefficient (Wildman–Crippen LogP) is 1.61. The highest BCUT2D eigenvalue weighted by atomic mass is 19.1. The molecule has 1 heterocycles. The third kappa shape index (κ3) is 1.65. The minimum Gasteiger partial charge on any atom is -0.508 e. The minimum absolute atomic E-state index is 0.204. The summed E-state index contributed by atoms with van der Waals surface area (Å²) in [5.74, 6) is 0.186. The monoisotopic (exact) mass is 181 g/mol. The molecule has 70 valence electrons. The van der Waals surface area contributed by atoms with Crippen molar-refractivity contribution in [2.45, 2.75) is 12.3 Å². The summed E-state index contributed by atoms with van der Waals surface area (Å²) in [6.45, 7) is 1.78. The van der Waals surface area contributed by atoms with Crippen molar-refractivity contribution < 1.29 is 9.50 Å². The van der Waals surface area contributed by atoms with E-state index in [0.717, 1.165) is 25.1 Å². The Morgan fingerprint density at radius 1 is 1.46 bits per heavy atom. The number of nitrogens with one attached hydrogen (secondary N) is 1. The van der Waals surface area contributed by atoms with Crippen LogP contribution in [-0.2, 0) is 0 Å². The number of halogens is 1. The molecule has 0 amide bonds. The zero-order valence-corrected chi connectivity index (χ0v) is 7.26. The number of hydrogen-bond donors (Lipinski definition) is 2. The number of rotatable bonds is 1. The lowest BCUT2D eigenvalue weighted by atomic mass is 9.97. The first-order chi connectivity index (χ1) is 6.27. The van der Waals surface area contributed by atoms with Crippen molar-refractivity contribution in [2.24, 2.45) is 0 Å². The van der Waals surface area contributed by atoms with Gasteiger partial charge < -0.3 is 10.4 Å². The van der Waals surface area contributed by atoms with Crippen molar-refractivity contribution in [2.75, 3.05) is 13.1 Å². The SMILES string of the molecule is Oc1ccc(F)cc1[C@H]1CCNC1. The zero-order chi connectivity index (χ0) is 9.26. The van der Waals surface area contributed by atoms with Gasteiger partial charge in [0.15, 0.2) is 0 Å². The van der Waals surface area contributed by atoms with Crippen LogP contribution in [0.15, 0.2) is 18.2 Å². The van der Waals surface area contributed by atoms with E-state index in [-0.39, 0.29) is 17.5 Å². The predicted molar refractivity (Wildman–Crippen MR) is 48.3 cm³/mol. The number of hydrogen-bond acceptors (Lipinski definition) is 2. The molecule has 1 fully saturated rings. The molecule has 1 aromatic rings. The van der Waals surface area contributed by atoms with E-state index in [9.17, 15) is 9.50 Å². The highest BCUT2D eigenvalue weighted by molar-refractivity contribution is 5.36. The van der Waals surface area contributed by atoms with Gasteiger partial charge in [0.25, 0.3) is 0 Å². The largest absolute Gasteiger partial charge is 0.508 e. The summed E-state index contributed by atoms with van der Waals surface area (Å²) in [4.78, 5) is 0. The second-order valence-electron chi connectivity index (χ2n) is 3.39. The van der Waals surface area contributed by atoms with Gasteiger partial charge in [0.2, 0.25) is 0 Å². The molecular weight excluding hydrogens is 169 g/mol. The van der Waals surface area contributed by atoms with Crippen LogP contribution >= 0.6 is 0 Å². The minimum atomic E-state index is -0.278. The van der Waals surface area contributed by atoms with Gasteiger partial charge in [-0.15, -0.1) is 0 Å². The fraction of sp³-hybridized carbons (Fsp3) is 0.400. The van der Waals surface area contributed by atoms with E-state index in [0.29, 0.717) is 0 Å². The van der Waals surface area contributed by atoms with Gasteiger partial charge >= 0.3 is 0 Å². The first kappa shape index (κ1) is 8.51. The van der Waals surface area contributed by atoms with E-state index in [4.69, 9.17) is 0 Å². The van der Waals surface area contributed by atoms with E-state index in [2.05, 4.69) is 5.32 Å². The Kier molecular flexibility index (Phi) is 2.19. The van der Waals surface area contributed by atoms with Crippen molar-refractivity contribution in [1.29, 1.82) is 0 Å². The molecule has 2 N–H and O–H groups in total. The summed E-state index contributed by atoms with van der Waals surface area (Å²) in [5, 5.41) is 12.7. The van der Waals surface area contributed by atoms with Gasteiger partial charge in [-0.3, -0.25) is 0 Å². The number of phenols is 1. The Bertz CT molecular complexity index is 308. The molecule has 2 rings (SSSR count). The Morgan fingerprint density at radius 2 is 2.31 bits per heavy atom. The maximum atomic E-state index is 12.9. The smallest absolute Gasteiger partial charge is 0.123 e. The van der Waals surface area contributed by atoms with E-state index < -0.39 is 0 Å². The van der Waals surface area contributed by atoms with Crippen LogP contribution in [0.3, 0.4) is 0 Å². The fourth-order valence-electron chi connectivity index (χ4n) is 1.77. The molecule has 0 bridgehead atoms. The molecule has 0 spiro atoms. The lowest BCUT2D eigenvalue weighted by Crippen LogP contribution is -2.08. The number of aromatic hydroxyl groups is 1. The normalized spacial score (nSPS) is 22.1. The third-order valence-corrected chi connectivity index (χ3v) is 2.49. The molecule has 0 saturated carbocycles. The molecule has 0 aromatic heterocycles. The Labute approximate surface area is 76.4 Å². The Hall–Kier alpha value is -1.09. The maximum absolute atomic E-state index is 12.9. The molecule has 0 unspecified atom stereocenters. The van der Waals surface area contributed by atoms with Crippen molar-refractivity contribution in [3.8, 4) is 5.75 Å². The van der Waals surface area contributed by atoms with Crippen LogP contribution in [0.25, 0.3) is 0 Å². The van der Waals surface area contributed by atoms with Gasteiger partial charge in [-0.05, 0) is 31.2 Å². The van der Waals surface area contributed by atoms with Gasteiger partial charge in [-0.2, -0.15) is 0 Å². The highest BCUT2D eigenvalue weighted by Gasteiger charge is 2.19. The molecule has 1 saturated heterocycles. The first-order valence-electron chi connectivity index (χ1n) is 4.46. The van der Waals surface area contributed by atoms with E-state index in [1.807, 2.05) is 0 Å². The van der Waals surface area contributed by atoms with Gasteiger partial charge in [0.05, 0.1) is 0 Å². The summed E-state index contributed by atoms with van der Waals surface area (Å²) >= 11 is 0. The van der Waals surface area contributed by atoms with Crippen LogP contribution < -0.4 is 5.32 Å². The third-order valence-electron chi connectivity index (χ3n) is 2.49. The summed E-state index contributed by atoms with van der Waals surface area (Å²) in [5.41, 5.74) is 0.727. The van der Waals surface area contributed by atoms with Crippen molar-refractivity contribution >= 4 is 0 Å². The first-order valence-corrected chi connectivity index (χ1v) is 4.46. The van der Waals surface area contributed by atoms with E-state index in [1.54, 1.807) is 0 Å². The van der Waals surface area contributed by atoms with Crippen LogP contribution in [0, 0.1) is 5.82 Å². The van der Waals surface area contributed by atoms with E-state index in [1.165, 1.54) is 18.2 Å². The average molecular weight is 181 g/mol. The molecule has 1 atom stereocenters. The van der Waals surface area contributed by atoms with E-state index >= 15 is 0 Å². The molecule has 0 aliphatic carbocycles. The van der Waals surface area contributed by atoms with Gasteiger partial charge in [0, 0.05) is 18.0 Å². The lowest BCUT2D eigenvalue weighted by Gasteiger charge is -2.10. The van der Waals surface area contributed by atoms with Crippen LogP contribution in [0.5, 0.6) is 5.75 Å². The topological polar surface area (TPSA) is 32.3 Å². The summed E-state index contributed by atoms with van der Waals surface area (Å²) in [6, 6.07) is 4.12. The zero-order valence-electron chi connectivity index (χ0n) is 7.26. The Morgan fingerprint density at radius 3 is 3.00 bits per heavy atom. The van der Waals surface area contributed by atoms with Gasteiger partial charge in [-0.25, -0.2) is 4.39 Å². The quantitative estimate of drug-likeness (QED) is 0.689. The fourth-order valence-corrected chi connectivity index (χ4v) is 1.77. The molecule has 0 radical (unpaired) electrons. The number of phenolic OH excluding ortho intramolecular Hbond substituents is 1. The second kappa shape index (κ2) is 3.34. The summed E-state index contributed by atoms with van der Waals surface area (Å²) in [6.07, 6.45) is 0.969. The molecule has 2 nitrogen and oxygen atoms in total. The van der Waals surface area contributed by atoms with Gasteiger partial charge in [0.1, 0.15) is 11.6 Å². The summed E-state index contributed by atoms with van der Waals surface area (Å²) in [7, 11) is 0. The molecular formula is C10H12FNO. The standard InChI is InChI=1S/C10H12FNO/c11-8-1-2-10(13)9(5-8)7-3-4-12-6-7/h1-2,5,7,12-13H,3-4,6H2/t7-/m0/s1. The lowest BCUT2D eigenvalue weighted by molar-refractivity contribution is 0.459. The van der Waals surface area contributed by atoms with Gasteiger partial charge in [-0.1, -0.05) is 0 Å². The average Bonchev–Trinajstić information content (AvgIpc) is 2.61. The molecule has 3 heteroatoms. The highest BCUT2D eigenvalue weighted by Crippen LogP contribution is 2.30. The Balaban J connectivity index is 2.32. The molecule has 1 aromatic carbocycles. The van der Waals surface area contributed by atoms with Crippen LogP contribution in [0.4, 0.5) is 4.39 Å². The molecule has 1 aliphatic rings. The van der Waals surface area contributed by atoms with Crippen molar-refractivity contribution in [3.63, 3.8) is 0 Å². The van der Waals surface area contributed by atoms with Crippen molar-refractivity contribution in [3.05, 3.63) is 29.6 Å². The molecule has 1 aliphatic heterocycles. The van der Waals surface area contributed by atoms with Crippen molar-refractivity contribution in [1.82, 2.24) is 5.32 Å². The van der Waals surface area contributed by atoms with Crippen LogP contribution in [0.1, 0.15) is 17.9 Å². The molecule has 13 heavy (non-hydrogen) atoms.